The van der Waals surface area contributed by atoms with Crippen molar-refractivity contribution in [2.24, 2.45) is 5.92 Å². The van der Waals surface area contributed by atoms with Gasteiger partial charge in [0.1, 0.15) is 0 Å². The minimum Gasteiger partial charge on any atom is -0.329 e. The van der Waals surface area contributed by atoms with Gasteiger partial charge in [0.2, 0.25) is 0 Å². The van der Waals surface area contributed by atoms with E-state index in [9.17, 15) is 4.79 Å². The van der Waals surface area contributed by atoms with Crippen LogP contribution in [0.1, 0.15) is 26.7 Å². The lowest BCUT2D eigenvalue weighted by Gasteiger charge is -2.31. The molecule has 1 fully saturated rings. The summed E-state index contributed by atoms with van der Waals surface area (Å²) >= 11 is 0. The summed E-state index contributed by atoms with van der Waals surface area (Å²) in [4.78, 5) is 13.3. The van der Waals surface area contributed by atoms with Gasteiger partial charge in [0.05, 0.1) is 0 Å². The average molecular weight is 208 g/mol. The number of terminal acetylenes is 1. The Balaban J connectivity index is 2.50. The molecule has 1 rings (SSSR count). The molecule has 0 saturated carbocycles. The molecule has 1 unspecified atom stereocenters. The SMILES string of the molecule is C#CC(=O)N(CC1CCCNC1)C(C)C. The van der Waals surface area contributed by atoms with Gasteiger partial charge in [0, 0.05) is 12.6 Å². The van der Waals surface area contributed by atoms with Crippen LogP contribution in [0.2, 0.25) is 0 Å². The maximum absolute atomic E-state index is 11.5. The number of rotatable bonds is 3. The second-order valence-electron chi connectivity index (χ2n) is 4.41. The zero-order valence-electron chi connectivity index (χ0n) is 9.62. The van der Waals surface area contributed by atoms with Crippen molar-refractivity contribution in [3.05, 3.63) is 0 Å². The van der Waals surface area contributed by atoms with E-state index in [1.54, 1.807) is 4.90 Å². The van der Waals surface area contributed by atoms with Crippen molar-refractivity contribution in [2.75, 3.05) is 19.6 Å². The van der Waals surface area contributed by atoms with Gasteiger partial charge in [-0.05, 0) is 51.6 Å². The van der Waals surface area contributed by atoms with E-state index in [0.717, 1.165) is 19.6 Å². The van der Waals surface area contributed by atoms with Gasteiger partial charge in [0.15, 0.2) is 0 Å². The fraction of sp³-hybridized carbons (Fsp3) is 0.750. The first-order valence-corrected chi connectivity index (χ1v) is 5.63. The van der Waals surface area contributed by atoms with Gasteiger partial charge in [-0.3, -0.25) is 4.79 Å². The molecule has 3 heteroatoms. The monoisotopic (exact) mass is 208 g/mol. The molecule has 0 radical (unpaired) electrons. The molecular formula is C12H20N2O. The van der Waals surface area contributed by atoms with Crippen LogP contribution in [-0.4, -0.2) is 36.5 Å². The highest BCUT2D eigenvalue weighted by Crippen LogP contribution is 2.13. The Morgan fingerprint density at radius 1 is 1.67 bits per heavy atom. The third kappa shape index (κ3) is 3.56. The maximum Gasteiger partial charge on any atom is 0.298 e. The van der Waals surface area contributed by atoms with Crippen molar-refractivity contribution in [2.45, 2.75) is 32.7 Å². The fourth-order valence-electron chi connectivity index (χ4n) is 1.97. The standard InChI is InChI=1S/C12H20N2O/c1-4-12(15)14(10(2)3)9-11-6-5-7-13-8-11/h1,10-11,13H,5-9H2,2-3H3. The Hall–Kier alpha value is -1.01. The summed E-state index contributed by atoms with van der Waals surface area (Å²) in [5, 5.41) is 3.35. The number of carbonyl (C=O) groups is 1. The molecule has 0 aromatic heterocycles. The number of nitrogens with zero attached hydrogens (tertiary/aromatic N) is 1. The normalized spacial score (nSPS) is 21.1. The predicted molar refractivity (Wildman–Crippen MR) is 61.3 cm³/mol. The summed E-state index contributed by atoms with van der Waals surface area (Å²) in [5.41, 5.74) is 0. The first-order chi connectivity index (χ1) is 7.15. The largest absolute Gasteiger partial charge is 0.329 e. The smallest absolute Gasteiger partial charge is 0.298 e. The third-order valence-electron chi connectivity index (χ3n) is 2.86. The molecule has 3 nitrogen and oxygen atoms in total. The van der Waals surface area contributed by atoms with E-state index in [0.29, 0.717) is 5.92 Å². The zero-order chi connectivity index (χ0) is 11.3. The molecule has 84 valence electrons. The molecule has 1 amide bonds. The van der Waals surface area contributed by atoms with Crippen LogP contribution < -0.4 is 5.32 Å². The van der Waals surface area contributed by atoms with Gasteiger partial charge >= 0.3 is 0 Å². The van der Waals surface area contributed by atoms with E-state index in [1.807, 2.05) is 13.8 Å². The van der Waals surface area contributed by atoms with Gasteiger partial charge in [-0.25, -0.2) is 0 Å². The molecule has 1 aliphatic rings. The first kappa shape index (κ1) is 12.1. The second-order valence-corrected chi connectivity index (χ2v) is 4.41. The number of carbonyl (C=O) groups excluding carboxylic acids is 1. The minimum atomic E-state index is -0.185. The first-order valence-electron chi connectivity index (χ1n) is 5.63. The number of hydrogen-bond donors (Lipinski definition) is 1. The lowest BCUT2D eigenvalue weighted by molar-refractivity contribution is -0.127. The highest BCUT2D eigenvalue weighted by atomic mass is 16.2. The molecule has 0 aliphatic carbocycles. The summed E-state index contributed by atoms with van der Waals surface area (Å²) in [6.45, 7) is 6.90. The van der Waals surface area contributed by atoms with Crippen molar-refractivity contribution in [3.63, 3.8) is 0 Å². The Morgan fingerprint density at radius 3 is 2.87 bits per heavy atom. The van der Waals surface area contributed by atoms with Crippen LogP contribution >= 0.6 is 0 Å². The van der Waals surface area contributed by atoms with Gasteiger partial charge < -0.3 is 10.2 Å². The van der Waals surface area contributed by atoms with Crippen LogP contribution in [0.4, 0.5) is 0 Å². The zero-order valence-corrected chi connectivity index (χ0v) is 9.62. The number of amides is 1. The molecule has 1 saturated heterocycles. The summed E-state index contributed by atoms with van der Waals surface area (Å²) in [6, 6.07) is 0.190. The second kappa shape index (κ2) is 5.77. The number of piperidine rings is 1. The van der Waals surface area contributed by atoms with Crippen LogP contribution in [0.3, 0.4) is 0 Å². The average Bonchev–Trinajstić information content (AvgIpc) is 2.26. The minimum absolute atomic E-state index is 0.185. The Labute approximate surface area is 92.2 Å². The molecule has 0 bridgehead atoms. The maximum atomic E-state index is 11.5. The van der Waals surface area contributed by atoms with E-state index in [2.05, 4.69) is 11.2 Å². The molecule has 0 spiro atoms. The summed E-state index contributed by atoms with van der Waals surface area (Å²) in [6.07, 6.45) is 7.54. The molecule has 1 N–H and O–H groups in total. The van der Waals surface area contributed by atoms with Gasteiger partial charge in [-0.1, -0.05) is 0 Å². The van der Waals surface area contributed by atoms with E-state index >= 15 is 0 Å². The quantitative estimate of drug-likeness (QED) is 0.698. The molecule has 1 atom stereocenters. The van der Waals surface area contributed by atoms with Gasteiger partial charge in [-0.15, -0.1) is 6.42 Å². The summed E-state index contributed by atoms with van der Waals surface area (Å²) in [5.74, 6) is 2.57. The highest BCUT2D eigenvalue weighted by molar-refractivity contribution is 5.93. The van der Waals surface area contributed by atoms with Crippen molar-refractivity contribution in [3.8, 4) is 12.3 Å². The van der Waals surface area contributed by atoms with Crippen LogP contribution in [0.25, 0.3) is 0 Å². The fourth-order valence-corrected chi connectivity index (χ4v) is 1.97. The topological polar surface area (TPSA) is 32.3 Å². The number of hydrogen-bond acceptors (Lipinski definition) is 2. The predicted octanol–water partition coefficient (Wildman–Crippen LogP) is 0.856. The molecule has 0 aromatic rings. The highest BCUT2D eigenvalue weighted by Gasteiger charge is 2.21. The van der Waals surface area contributed by atoms with Crippen LogP contribution in [-0.2, 0) is 4.79 Å². The van der Waals surface area contributed by atoms with Gasteiger partial charge in [0.25, 0.3) is 5.91 Å². The lowest BCUT2D eigenvalue weighted by atomic mass is 9.98. The van der Waals surface area contributed by atoms with Crippen LogP contribution in [0, 0.1) is 18.3 Å². The molecular weight excluding hydrogens is 188 g/mol. The van der Waals surface area contributed by atoms with Gasteiger partial charge in [-0.2, -0.15) is 0 Å². The van der Waals surface area contributed by atoms with Crippen molar-refractivity contribution >= 4 is 5.91 Å². The van der Waals surface area contributed by atoms with Crippen molar-refractivity contribution < 1.29 is 4.79 Å². The molecule has 0 aromatic carbocycles. The van der Waals surface area contributed by atoms with E-state index < -0.39 is 0 Å². The molecule has 1 heterocycles. The lowest BCUT2D eigenvalue weighted by Crippen LogP contribution is -2.43. The number of nitrogens with one attached hydrogen (secondary N) is 1. The van der Waals surface area contributed by atoms with E-state index in [1.165, 1.54) is 12.8 Å². The van der Waals surface area contributed by atoms with Crippen molar-refractivity contribution in [1.29, 1.82) is 0 Å². The Kier molecular flexibility index (Phi) is 4.64. The van der Waals surface area contributed by atoms with Crippen molar-refractivity contribution in [1.82, 2.24) is 10.2 Å². The van der Waals surface area contributed by atoms with E-state index in [4.69, 9.17) is 6.42 Å². The third-order valence-corrected chi connectivity index (χ3v) is 2.86. The van der Waals surface area contributed by atoms with Crippen LogP contribution in [0.5, 0.6) is 0 Å². The Morgan fingerprint density at radius 2 is 2.40 bits per heavy atom. The summed E-state index contributed by atoms with van der Waals surface area (Å²) < 4.78 is 0. The summed E-state index contributed by atoms with van der Waals surface area (Å²) in [7, 11) is 0. The Bertz CT molecular complexity index is 249. The van der Waals surface area contributed by atoms with E-state index in [-0.39, 0.29) is 11.9 Å². The molecule has 15 heavy (non-hydrogen) atoms. The van der Waals surface area contributed by atoms with Crippen LogP contribution in [0.15, 0.2) is 0 Å². The molecule has 1 aliphatic heterocycles.